The number of nitrogens with one attached hydrogen (secondary N) is 1. The number of rotatable bonds is 8. The van der Waals surface area contributed by atoms with Crippen LogP contribution in [-0.2, 0) is 19.1 Å². The van der Waals surface area contributed by atoms with E-state index < -0.39 is 17.9 Å². The molecule has 0 unspecified atom stereocenters. The molecule has 2 amide bonds. The summed E-state index contributed by atoms with van der Waals surface area (Å²) < 4.78 is 10.5. The van der Waals surface area contributed by atoms with E-state index in [9.17, 15) is 14.4 Å². The standard InChI is InChI=1S/C24H27N3O5/c1-16(2)32-23(29)15-21(17-9-11-19(31-3)12-10-17)25-24(30)20-13-14-22(28)27(26-20)18-7-5-4-6-8-18/h4-12,16,21H,13-15H2,1-3H3,(H,25,30)/t21-/m1/s1. The van der Waals surface area contributed by atoms with Crippen molar-refractivity contribution in [2.24, 2.45) is 5.10 Å². The second-order valence-electron chi connectivity index (χ2n) is 7.63. The SMILES string of the molecule is COc1ccc([C@@H](CC(=O)OC(C)C)NC(=O)C2=NN(c3ccccc3)C(=O)CC2)cc1. The molecule has 1 aliphatic heterocycles. The fourth-order valence-electron chi connectivity index (χ4n) is 3.30. The number of amides is 2. The van der Waals surface area contributed by atoms with E-state index in [0.29, 0.717) is 11.4 Å². The first-order valence-electron chi connectivity index (χ1n) is 10.5. The lowest BCUT2D eigenvalue weighted by Gasteiger charge is -2.25. The highest BCUT2D eigenvalue weighted by Crippen LogP contribution is 2.23. The maximum absolute atomic E-state index is 13.0. The van der Waals surface area contributed by atoms with Gasteiger partial charge < -0.3 is 14.8 Å². The van der Waals surface area contributed by atoms with Crippen LogP contribution in [0, 0.1) is 0 Å². The number of ether oxygens (including phenoxy) is 2. The van der Waals surface area contributed by atoms with Crippen molar-refractivity contribution in [3.8, 4) is 5.75 Å². The maximum Gasteiger partial charge on any atom is 0.308 e. The minimum absolute atomic E-state index is 0.0368. The molecule has 2 aromatic rings. The first-order valence-corrected chi connectivity index (χ1v) is 10.5. The number of hydrogen-bond donors (Lipinski definition) is 1. The largest absolute Gasteiger partial charge is 0.497 e. The molecular weight excluding hydrogens is 410 g/mol. The van der Waals surface area contributed by atoms with Gasteiger partial charge in [-0.05, 0) is 43.7 Å². The Morgan fingerprint density at radius 2 is 1.75 bits per heavy atom. The van der Waals surface area contributed by atoms with Crippen LogP contribution in [0.15, 0.2) is 59.7 Å². The van der Waals surface area contributed by atoms with Crippen molar-refractivity contribution in [2.75, 3.05) is 12.1 Å². The summed E-state index contributed by atoms with van der Waals surface area (Å²) in [6, 6.07) is 15.4. The number of methoxy groups -OCH3 is 1. The second-order valence-corrected chi connectivity index (χ2v) is 7.63. The Hall–Kier alpha value is -3.68. The molecule has 8 heteroatoms. The van der Waals surface area contributed by atoms with Gasteiger partial charge in [-0.15, -0.1) is 0 Å². The molecule has 1 N–H and O–H groups in total. The Morgan fingerprint density at radius 1 is 1.06 bits per heavy atom. The maximum atomic E-state index is 13.0. The zero-order valence-electron chi connectivity index (χ0n) is 18.4. The van der Waals surface area contributed by atoms with E-state index in [4.69, 9.17) is 9.47 Å². The van der Waals surface area contributed by atoms with Crippen molar-refractivity contribution < 1.29 is 23.9 Å². The highest BCUT2D eigenvalue weighted by molar-refractivity contribution is 6.40. The van der Waals surface area contributed by atoms with Gasteiger partial charge in [0.1, 0.15) is 11.5 Å². The Labute approximate surface area is 187 Å². The normalized spacial score (nSPS) is 14.6. The molecule has 0 aliphatic carbocycles. The monoisotopic (exact) mass is 437 g/mol. The highest BCUT2D eigenvalue weighted by Gasteiger charge is 2.28. The summed E-state index contributed by atoms with van der Waals surface area (Å²) in [5, 5.41) is 8.41. The summed E-state index contributed by atoms with van der Waals surface area (Å²) >= 11 is 0. The van der Waals surface area contributed by atoms with Crippen LogP contribution < -0.4 is 15.1 Å². The Morgan fingerprint density at radius 3 is 2.38 bits per heavy atom. The molecule has 0 saturated carbocycles. The average Bonchev–Trinajstić information content (AvgIpc) is 2.79. The minimum Gasteiger partial charge on any atom is -0.497 e. The van der Waals surface area contributed by atoms with Crippen LogP contribution in [0.3, 0.4) is 0 Å². The number of nitrogens with zero attached hydrogens (tertiary/aromatic N) is 2. The average molecular weight is 437 g/mol. The van der Waals surface area contributed by atoms with Gasteiger partial charge in [0.15, 0.2) is 0 Å². The fourth-order valence-corrected chi connectivity index (χ4v) is 3.30. The van der Waals surface area contributed by atoms with Crippen LogP contribution in [0.4, 0.5) is 5.69 Å². The summed E-state index contributed by atoms with van der Waals surface area (Å²) in [6.45, 7) is 3.54. The van der Waals surface area contributed by atoms with Gasteiger partial charge >= 0.3 is 5.97 Å². The Balaban J connectivity index is 1.81. The molecule has 168 valence electrons. The molecule has 2 aromatic carbocycles. The predicted octanol–water partition coefficient (Wildman–Crippen LogP) is 3.38. The molecule has 0 spiro atoms. The molecule has 1 aliphatic rings. The summed E-state index contributed by atoms with van der Waals surface area (Å²) in [5.41, 5.74) is 1.55. The van der Waals surface area contributed by atoms with Crippen LogP contribution in [0.1, 0.15) is 44.7 Å². The van der Waals surface area contributed by atoms with Crippen molar-refractivity contribution in [1.29, 1.82) is 0 Å². The smallest absolute Gasteiger partial charge is 0.308 e. The van der Waals surface area contributed by atoms with Crippen molar-refractivity contribution in [1.82, 2.24) is 5.32 Å². The first-order chi connectivity index (χ1) is 15.4. The topological polar surface area (TPSA) is 97.3 Å². The van der Waals surface area contributed by atoms with E-state index in [1.54, 1.807) is 69.5 Å². The van der Waals surface area contributed by atoms with Crippen molar-refractivity contribution in [2.45, 2.75) is 45.3 Å². The highest BCUT2D eigenvalue weighted by atomic mass is 16.5. The predicted molar refractivity (Wildman–Crippen MR) is 120 cm³/mol. The van der Waals surface area contributed by atoms with E-state index in [-0.39, 0.29) is 37.0 Å². The van der Waals surface area contributed by atoms with E-state index >= 15 is 0 Å². The van der Waals surface area contributed by atoms with Gasteiger partial charge in [-0.25, -0.2) is 5.01 Å². The Bertz CT molecular complexity index is 986. The summed E-state index contributed by atoms with van der Waals surface area (Å²) in [7, 11) is 1.56. The number of para-hydroxylation sites is 1. The van der Waals surface area contributed by atoms with Crippen molar-refractivity contribution >= 4 is 29.2 Å². The van der Waals surface area contributed by atoms with Crippen LogP contribution in [-0.4, -0.2) is 36.7 Å². The number of hydrazone groups is 1. The number of carbonyl (C=O) groups is 3. The van der Waals surface area contributed by atoms with Gasteiger partial charge in [-0.1, -0.05) is 30.3 Å². The van der Waals surface area contributed by atoms with E-state index in [1.165, 1.54) is 5.01 Å². The van der Waals surface area contributed by atoms with Crippen molar-refractivity contribution in [3.63, 3.8) is 0 Å². The summed E-state index contributed by atoms with van der Waals surface area (Å²) in [5.74, 6) is -0.374. The van der Waals surface area contributed by atoms with Gasteiger partial charge in [0, 0.05) is 12.8 Å². The van der Waals surface area contributed by atoms with Gasteiger partial charge in [0.25, 0.3) is 5.91 Å². The van der Waals surface area contributed by atoms with Gasteiger partial charge in [0.05, 0.1) is 31.4 Å². The van der Waals surface area contributed by atoms with E-state index in [2.05, 4.69) is 10.4 Å². The van der Waals surface area contributed by atoms with Crippen LogP contribution in [0.25, 0.3) is 0 Å². The summed E-state index contributed by atoms with van der Waals surface area (Å²) in [4.78, 5) is 37.7. The molecule has 0 saturated heterocycles. The molecule has 3 rings (SSSR count). The van der Waals surface area contributed by atoms with Gasteiger partial charge in [-0.2, -0.15) is 5.10 Å². The number of esters is 1. The minimum atomic E-state index is -0.620. The number of benzene rings is 2. The zero-order chi connectivity index (χ0) is 23.1. The van der Waals surface area contributed by atoms with E-state index in [1.807, 2.05) is 6.07 Å². The third kappa shape index (κ3) is 5.94. The fraction of sp³-hybridized carbons (Fsp3) is 0.333. The lowest BCUT2D eigenvalue weighted by molar-refractivity contribution is -0.148. The van der Waals surface area contributed by atoms with Gasteiger partial charge in [-0.3, -0.25) is 14.4 Å². The lowest BCUT2D eigenvalue weighted by atomic mass is 10.0. The number of hydrogen-bond acceptors (Lipinski definition) is 6. The van der Waals surface area contributed by atoms with E-state index in [0.717, 1.165) is 5.56 Å². The number of anilines is 1. The van der Waals surface area contributed by atoms with Crippen LogP contribution >= 0.6 is 0 Å². The number of carbonyl (C=O) groups excluding carboxylic acids is 3. The molecule has 0 aromatic heterocycles. The Kier molecular flexibility index (Phi) is 7.59. The zero-order valence-corrected chi connectivity index (χ0v) is 18.4. The van der Waals surface area contributed by atoms with Crippen LogP contribution in [0.5, 0.6) is 5.75 Å². The molecule has 8 nitrogen and oxygen atoms in total. The molecule has 1 atom stereocenters. The third-order valence-electron chi connectivity index (χ3n) is 4.86. The molecule has 0 radical (unpaired) electrons. The van der Waals surface area contributed by atoms with Crippen molar-refractivity contribution in [3.05, 3.63) is 60.2 Å². The second kappa shape index (κ2) is 10.6. The third-order valence-corrected chi connectivity index (χ3v) is 4.86. The molecule has 0 bridgehead atoms. The van der Waals surface area contributed by atoms with Gasteiger partial charge in [0.2, 0.25) is 5.91 Å². The first kappa shape index (κ1) is 23.0. The molecule has 32 heavy (non-hydrogen) atoms. The van der Waals surface area contributed by atoms with Crippen LogP contribution in [0.2, 0.25) is 0 Å². The lowest BCUT2D eigenvalue weighted by Crippen LogP contribution is -2.41. The quantitative estimate of drug-likeness (QED) is 0.639. The molecule has 1 heterocycles. The molecule has 0 fully saturated rings. The summed E-state index contributed by atoms with van der Waals surface area (Å²) in [6.07, 6.45) is 0.0943. The molecular formula is C24H27N3O5.